The molecule has 1 aromatic heterocycles. The number of pyridine rings is 1. The van der Waals surface area contributed by atoms with Gasteiger partial charge in [-0.2, -0.15) is 4.31 Å². The summed E-state index contributed by atoms with van der Waals surface area (Å²) in [5, 5.41) is 6.75. The number of oxime groups is 1. The highest BCUT2D eigenvalue weighted by molar-refractivity contribution is 7.89. The number of nitrogens with one attached hydrogen (secondary N) is 1. The van der Waals surface area contributed by atoms with Crippen molar-refractivity contribution >= 4 is 21.6 Å². The van der Waals surface area contributed by atoms with Crippen molar-refractivity contribution in [1.29, 1.82) is 0 Å². The van der Waals surface area contributed by atoms with Gasteiger partial charge in [-0.25, -0.2) is 8.42 Å². The maximum Gasteiger partial charge on any atom is 0.269 e. The highest BCUT2D eigenvalue weighted by atomic mass is 32.2. The number of hydrogen-bond donors (Lipinski definition) is 1. The molecule has 9 heteroatoms. The van der Waals surface area contributed by atoms with Crippen LogP contribution in [0.4, 0.5) is 0 Å². The summed E-state index contributed by atoms with van der Waals surface area (Å²) >= 11 is 0. The maximum atomic E-state index is 12.9. The number of rotatable bonds is 5. The third kappa shape index (κ3) is 4.01. The molecular weight excluding hydrogens is 392 g/mol. The Morgan fingerprint density at radius 3 is 2.79 bits per heavy atom. The van der Waals surface area contributed by atoms with Crippen molar-refractivity contribution in [2.75, 3.05) is 13.1 Å². The highest BCUT2D eigenvalue weighted by Crippen LogP contribution is 2.36. The first-order valence-corrected chi connectivity index (χ1v) is 10.8. The molecule has 2 aromatic rings. The van der Waals surface area contributed by atoms with Gasteiger partial charge in [0.25, 0.3) is 5.91 Å². The van der Waals surface area contributed by atoms with Crippen LogP contribution in [0.2, 0.25) is 0 Å². The number of carbonyl (C=O) groups is 1. The predicted molar refractivity (Wildman–Crippen MR) is 107 cm³/mol. The van der Waals surface area contributed by atoms with E-state index in [-0.39, 0.29) is 29.5 Å². The van der Waals surface area contributed by atoms with E-state index in [4.69, 9.17) is 4.84 Å². The molecule has 29 heavy (non-hydrogen) atoms. The van der Waals surface area contributed by atoms with Crippen LogP contribution in [-0.2, 0) is 26.2 Å². The Balaban J connectivity index is 1.38. The molecule has 8 nitrogen and oxygen atoms in total. The average molecular weight is 414 g/mol. The number of carbonyl (C=O) groups excluding carboxylic acids is 1. The largest absolute Gasteiger partial charge is 0.387 e. The van der Waals surface area contributed by atoms with Gasteiger partial charge in [0.2, 0.25) is 10.0 Å². The van der Waals surface area contributed by atoms with E-state index in [0.717, 1.165) is 11.1 Å². The summed E-state index contributed by atoms with van der Waals surface area (Å²) < 4.78 is 27.2. The molecule has 4 rings (SSSR count). The third-order valence-electron chi connectivity index (χ3n) is 5.22. The van der Waals surface area contributed by atoms with Gasteiger partial charge in [0.15, 0.2) is 5.60 Å². The van der Waals surface area contributed by atoms with Crippen molar-refractivity contribution in [2.24, 2.45) is 5.16 Å². The third-order valence-corrected chi connectivity index (χ3v) is 7.08. The minimum Gasteiger partial charge on any atom is -0.387 e. The normalized spacial score (nSPS) is 21.8. The molecular formula is C20H22N4O4S. The van der Waals surface area contributed by atoms with E-state index >= 15 is 0 Å². The van der Waals surface area contributed by atoms with Crippen molar-refractivity contribution in [2.45, 2.75) is 36.8 Å². The minimum atomic E-state index is -3.61. The first-order chi connectivity index (χ1) is 13.9. The van der Waals surface area contributed by atoms with E-state index in [1.807, 2.05) is 13.0 Å². The van der Waals surface area contributed by atoms with Crippen molar-refractivity contribution in [3.05, 3.63) is 59.9 Å². The molecule has 0 bridgehead atoms. The van der Waals surface area contributed by atoms with Crippen LogP contribution < -0.4 is 5.32 Å². The summed E-state index contributed by atoms with van der Waals surface area (Å²) in [5.74, 6) is -0.314. The Morgan fingerprint density at radius 1 is 1.28 bits per heavy atom. The van der Waals surface area contributed by atoms with Gasteiger partial charge in [0.05, 0.1) is 11.4 Å². The van der Waals surface area contributed by atoms with Crippen molar-refractivity contribution in [3.8, 4) is 0 Å². The second kappa shape index (κ2) is 7.57. The number of amides is 1. The first-order valence-electron chi connectivity index (χ1n) is 9.37. The van der Waals surface area contributed by atoms with Gasteiger partial charge in [-0.1, -0.05) is 28.9 Å². The van der Waals surface area contributed by atoms with Crippen LogP contribution in [0.3, 0.4) is 0 Å². The van der Waals surface area contributed by atoms with Crippen molar-refractivity contribution in [1.82, 2.24) is 14.6 Å². The van der Waals surface area contributed by atoms with Gasteiger partial charge < -0.3 is 10.2 Å². The summed E-state index contributed by atoms with van der Waals surface area (Å²) in [6, 6.07) is 10.4. The van der Waals surface area contributed by atoms with E-state index in [0.29, 0.717) is 19.5 Å². The van der Waals surface area contributed by atoms with E-state index in [2.05, 4.69) is 15.5 Å². The molecule has 0 aliphatic carbocycles. The second-order valence-electron chi connectivity index (χ2n) is 7.43. The quantitative estimate of drug-likeness (QED) is 0.801. The number of benzene rings is 1. The zero-order valence-electron chi connectivity index (χ0n) is 16.0. The van der Waals surface area contributed by atoms with Crippen LogP contribution >= 0.6 is 0 Å². The molecule has 1 N–H and O–H groups in total. The number of nitrogens with zero attached hydrogens (tertiary/aromatic N) is 3. The fourth-order valence-corrected chi connectivity index (χ4v) is 5.04. The smallest absolute Gasteiger partial charge is 0.269 e. The summed E-state index contributed by atoms with van der Waals surface area (Å²) in [4.78, 5) is 22.3. The van der Waals surface area contributed by atoms with Gasteiger partial charge >= 0.3 is 0 Å². The molecule has 3 heterocycles. The van der Waals surface area contributed by atoms with Gasteiger partial charge in [-0.3, -0.25) is 9.78 Å². The van der Waals surface area contributed by atoms with Crippen LogP contribution in [-0.4, -0.2) is 48.0 Å². The van der Waals surface area contributed by atoms with Gasteiger partial charge in [-0.15, -0.1) is 0 Å². The topological polar surface area (TPSA) is 101 Å². The molecule has 0 radical (unpaired) electrons. The maximum absolute atomic E-state index is 12.9. The summed E-state index contributed by atoms with van der Waals surface area (Å²) in [6.45, 7) is 2.75. The Bertz CT molecular complexity index is 1040. The molecule has 152 valence electrons. The molecule has 0 saturated carbocycles. The Kier molecular flexibility index (Phi) is 5.10. The lowest BCUT2D eigenvalue weighted by Gasteiger charge is -2.21. The lowest BCUT2D eigenvalue weighted by atomic mass is 9.96. The Hall–Kier alpha value is -2.78. The van der Waals surface area contributed by atoms with E-state index in [1.54, 1.807) is 42.7 Å². The zero-order valence-corrected chi connectivity index (χ0v) is 16.9. The van der Waals surface area contributed by atoms with Crippen LogP contribution in [0.5, 0.6) is 0 Å². The summed E-state index contributed by atoms with van der Waals surface area (Å²) in [7, 11) is -3.61. The molecule has 1 fully saturated rings. The van der Waals surface area contributed by atoms with E-state index < -0.39 is 15.6 Å². The molecule has 0 unspecified atom stereocenters. The average Bonchev–Trinajstić information content (AvgIpc) is 3.35. The van der Waals surface area contributed by atoms with Gasteiger partial charge in [0, 0.05) is 38.3 Å². The number of aryl methyl sites for hydroxylation is 1. The SMILES string of the molecule is Cc1ccc(S(=O)(=O)N2CC[C@@]3(CC(C(=O)NCc4cccnc4)=NO3)C2)cc1. The van der Waals surface area contributed by atoms with Crippen LogP contribution in [0.25, 0.3) is 0 Å². The predicted octanol–water partition coefficient (Wildman–Crippen LogP) is 1.62. The lowest BCUT2D eigenvalue weighted by molar-refractivity contribution is -0.115. The number of aromatic nitrogens is 1. The Morgan fingerprint density at radius 2 is 2.07 bits per heavy atom. The van der Waals surface area contributed by atoms with Crippen LogP contribution in [0.1, 0.15) is 24.0 Å². The molecule has 2 aliphatic heterocycles. The first kappa shape index (κ1) is 19.5. The standard InChI is InChI=1S/C20H22N4O4S/c1-15-4-6-17(7-5-15)29(26,27)24-10-8-20(14-24)11-18(23-28-20)19(25)22-13-16-3-2-9-21-12-16/h2-7,9,12H,8,10-11,13-14H2,1H3,(H,22,25)/t20-/m1/s1. The van der Waals surface area contributed by atoms with Crippen LogP contribution in [0.15, 0.2) is 58.8 Å². The fraction of sp³-hybridized carbons (Fsp3) is 0.350. The zero-order chi connectivity index (χ0) is 20.5. The molecule has 1 atom stereocenters. The number of hydrogen-bond acceptors (Lipinski definition) is 6. The Labute approximate surface area is 169 Å². The summed E-state index contributed by atoms with van der Waals surface area (Å²) in [6.07, 6.45) is 4.12. The second-order valence-corrected chi connectivity index (χ2v) is 9.37. The lowest BCUT2D eigenvalue weighted by Crippen LogP contribution is -2.38. The van der Waals surface area contributed by atoms with Gasteiger partial charge in [0.1, 0.15) is 5.71 Å². The monoisotopic (exact) mass is 414 g/mol. The van der Waals surface area contributed by atoms with Crippen LogP contribution in [0, 0.1) is 6.92 Å². The van der Waals surface area contributed by atoms with Crippen molar-refractivity contribution in [3.63, 3.8) is 0 Å². The number of sulfonamides is 1. The highest BCUT2D eigenvalue weighted by Gasteiger charge is 2.49. The molecule has 1 saturated heterocycles. The van der Waals surface area contributed by atoms with E-state index in [1.165, 1.54) is 4.31 Å². The van der Waals surface area contributed by atoms with Crippen molar-refractivity contribution < 1.29 is 18.0 Å². The summed E-state index contributed by atoms with van der Waals surface area (Å²) in [5.41, 5.74) is 1.38. The minimum absolute atomic E-state index is 0.173. The molecule has 1 amide bonds. The molecule has 1 aromatic carbocycles. The molecule has 1 spiro atoms. The van der Waals surface area contributed by atoms with E-state index in [9.17, 15) is 13.2 Å². The fourth-order valence-electron chi connectivity index (χ4n) is 3.52. The molecule has 2 aliphatic rings. The van der Waals surface area contributed by atoms with Gasteiger partial charge in [-0.05, 0) is 30.7 Å².